The minimum absolute atomic E-state index is 0.145. The summed E-state index contributed by atoms with van der Waals surface area (Å²) in [6.07, 6.45) is 0.966. The van der Waals surface area contributed by atoms with Crippen LogP contribution < -0.4 is 15.4 Å². The number of urea groups is 1. The number of likely N-dealkylation sites (N-methyl/N-ethyl adjacent to an activating group) is 2. The lowest BCUT2D eigenvalue weighted by molar-refractivity contribution is -0.139. The predicted octanol–water partition coefficient (Wildman–Crippen LogP) is 0.143. The van der Waals surface area contributed by atoms with Crippen molar-refractivity contribution in [3.8, 4) is 5.75 Å². The number of carbonyl (C=O) groups excluding carboxylic acids is 4. The third-order valence-electron chi connectivity index (χ3n) is 4.80. The van der Waals surface area contributed by atoms with Crippen LogP contribution in [0.15, 0.2) is 24.3 Å². The van der Waals surface area contributed by atoms with E-state index in [1.54, 1.807) is 14.0 Å². The number of amides is 5. The fraction of sp³-hybridized carbons (Fsp3) is 0.474. The first-order chi connectivity index (χ1) is 13.2. The van der Waals surface area contributed by atoms with E-state index in [4.69, 9.17) is 4.74 Å². The molecule has 1 heterocycles. The molecule has 0 bridgehead atoms. The summed E-state index contributed by atoms with van der Waals surface area (Å²) >= 11 is 0. The van der Waals surface area contributed by atoms with E-state index in [-0.39, 0.29) is 12.5 Å². The Balaban J connectivity index is 1.98. The molecular weight excluding hydrogens is 364 g/mol. The number of ether oxygens (including phenoxy) is 1. The Hall–Kier alpha value is -3.10. The zero-order chi connectivity index (χ0) is 20.9. The number of benzene rings is 1. The highest BCUT2D eigenvalue weighted by Crippen LogP contribution is 2.24. The molecule has 1 atom stereocenters. The first-order valence-electron chi connectivity index (χ1n) is 8.91. The number of aryl methyl sites for hydroxylation is 1. The predicted molar refractivity (Wildman–Crippen MR) is 102 cm³/mol. The normalized spacial score (nSPS) is 18.6. The van der Waals surface area contributed by atoms with Crippen LogP contribution in [0.1, 0.15) is 18.9 Å². The Morgan fingerprint density at radius 2 is 1.89 bits per heavy atom. The zero-order valence-electron chi connectivity index (χ0n) is 16.6. The van der Waals surface area contributed by atoms with Crippen molar-refractivity contribution in [3.05, 3.63) is 29.8 Å². The molecule has 2 N–H and O–H groups in total. The Kier molecular flexibility index (Phi) is 6.61. The summed E-state index contributed by atoms with van der Waals surface area (Å²) in [4.78, 5) is 50.7. The van der Waals surface area contributed by atoms with Gasteiger partial charge in [-0.25, -0.2) is 4.79 Å². The first kappa shape index (κ1) is 21.2. The highest BCUT2D eigenvalue weighted by Gasteiger charge is 2.48. The first-order valence-corrected chi connectivity index (χ1v) is 8.91. The Labute approximate surface area is 164 Å². The molecule has 9 heteroatoms. The van der Waals surface area contributed by atoms with Crippen LogP contribution in [0, 0.1) is 0 Å². The summed E-state index contributed by atoms with van der Waals surface area (Å²) in [5.41, 5.74) is -0.0830. The van der Waals surface area contributed by atoms with Crippen molar-refractivity contribution in [1.82, 2.24) is 20.4 Å². The van der Waals surface area contributed by atoms with Crippen molar-refractivity contribution in [2.75, 3.05) is 34.3 Å². The topological polar surface area (TPSA) is 108 Å². The van der Waals surface area contributed by atoms with Gasteiger partial charge < -0.3 is 20.3 Å². The maximum atomic E-state index is 12.8. The summed E-state index contributed by atoms with van der Waals surface area (Å²) in [5.74, 6) is -0.539. The molecule has 9 nitrogen and oxygen atoms in total. The monoisotopic (exact) mass is 390 g/mol. The van der Waals surface area contributed by atoms with Crippen molar-refractivity contribution in [2.24, 2.45) is 0 Å². The summed E-state index contributed by atoms with van der Waals surface area (Å²) in [7, 11) is 4.50. The van der Waals surface area contributed by atoms with Crippen LogP contribution in [0.5, 0.6) is 5.75 Å². The van der Waals surface area contributed by atoms with Crippen molar-refractivity contribution in [1.29, 1.82) is 0 Å². The van der Waals surface area contributed by atoms with Gasteiger partial charge in [0.05, 0.1) is 13.7 Å². The summed E-state index contributed by atoms with van der Waals surface area (Å²) in [6, 6.07) is 6.86. The van der Waals surface area contributed by atoms with Gasteiger partial charge in [0, 0.05) is 14.1 Å². The van der Waals surface area contributed by atoms with Crippen molar-refractivity contribution in [2.45, 2.75) is 25.3 Å². The van der Waals surface area contributed by atoms with Gasteiger partial charge in [0.15, 0.2) is 0 Å². The van der Waals surface area contributed by atoms with Gasteiger partial charge in [-0.3, -0.25) is 19.3 Å². The van der Waals surface area contributed by atoms with Crippen molar-refractivity contribution in [3.63, 3.8) is 0 Å². The average Bonchev–Trinajstić information content (AvgIpc) is 2.89. The van der Waals surface area contributed by atoms with E-state index in [0.717, 1.165) is 16.2 Å². The van der Waals surface area contributed by atoms with Gasteiger partial charge in [-0.2, -0.15) is 0 Å². The van der Waals surface area contributed by atoms with Crippen LogP contribution in [0.4, 0.5) is 4.79 Å². The standard InChI is InChI=1S/C19H26N4O5/c1-19(10-9-13-5-7-14(28-4)8-6-13)17(26)23(18(27)21-19)12-16(25)22(3)11-15(24)20-2/h5-8H,9-12H2,1-4H3,(H,20,24)(H,21,27)/t19-/m0/s1. The summed E-state index contributed by atoms with van der Waals surface area (Å²) in [5, 5.41) is 5.10. The number of hydrogen-bond donors (Lipinski definition) is 2. The molecule has 0 unspecified atom stereocenters. The molecule has 1 aliphatic rings. The van der Waals surface area contributed by atoms with Crippen molar-refractivity contribution < 1.29 is 23.9 Å². The number of methoxy groups -OCH3 is 1. The summed E-state index contributed by atoms with van der Waals surface area (Å²) in [6.45, 7) is 1.10. The zero-order valence-corrected chi connectivity index (χ0v) is 16.6. The highest BCUT2D eigenvalue weighted by atomic mass is 16.5. The van der Waals surface area contributed by atoms with Crippen LogP contribution in [-0.4, -0.2) is 73.4 Å². The van der Waals surface area contributed by atoms with Gasteiger partial charge >= 0.3 is 6.03 Å². The van der Waals surface area contributed by atoms with E-state index >= 15 is 0 Å². The maximum absolute atomic E-state index is 12.8. The second kappa shape index (κ2) is 8.73. The van der Waals surface area contributed by atoms with Gasteiger partial charge in [-0.1, -0.05) is 12.1 Å². The van der Waals surface area contributed by atoms with E-state index < -0.39 is 29.9 Å². The summed E-state index contributed by atoms with van der Waals surface area (Å²) < 4.78 is 5.12. The number of rotatable bonds is 8. The van der Waals surface area contributed by atoms with E-state index in [1.165, 1.54) is 19.0 Å². The lowest BCUT2D eigenvalue weighted by atomic mass is 9.93. The van der Waals surface area contributed by atoms with E-state index in [0.29, 0.717) is 12.8 Å². The lowest BCUT2D eigenvalue weighted by Gasteiger charge is -2.22. The Morgan fingerprint density at radius 3 is 2.46 bits per heavy atom. The molecule has 0 radical (unpaired) electrons. The molecule has 0 saturated carbocycles. The average molecular weight is 390 g/mol. The minimum atomic E-state index is -1.09. The third kappa shape index (κ3) is 4.79. The quantitative estimate of drug-likeness (QED) is 0.614. The highest BCUT2D eigenvalue weighted by molar-refractivity contribution is 6.08. The molecule has 1 aromatic rings. The fourth-order valence-electron chi connectivity index (χ4n) is 2.89. The smallest absolute Gasteiger partial charge is 0.325 e. The molecule has 0 spiro atoms. The molecule has 2 rings (SSSR count). The maximum Gasteiger partial charge on any atom is 0.325 e. The molecule has 0 aliphatic carbocycles. The third-order valence-corrected chi connectivity index (χ3v) is 4.80. The van der Waals surface area contributed by atoms with Gasteiger partial charge in [-0.15, -0.1) is 0 Å². The molecule has 1 saturated heterocycles. The molecular formula is C19H26N4O5. The molecule has 0 aromatic heterocycles. The van der Waals surface area contributed by atoms with Gasteiger partial charge in [0.2, 0.25) is 11.8 Å². The number of hydrogen-bond acceptors (Lipinski definition) is 5. The number of imide groups is 1. The lowest BCUT2D eigenvalue weighted by Crippen LogP contribution is -2.46. The van der Waals surface area contributed by atoms with Gasteiger partial charge in [0.25, 0.3) is 5.91 Å². The largest absolute Gasteiger partial charge is 0.497 e. The fourth-order valence-corrected chi connectivity index (χ4v) is 2.89. The van der Waals surface area contributed by atoms with Crippen LogP contribution in [0.3, 0.4) is 0 Å². The molecule has 1 aromatic carbocycles. The van der Waals surface area contributed by atoms with E-state index in [2.05, 4.69) is 10.6 Å². The van der Waals surface area contributed by atoms with Crippen molar-refractivity contribution >= 4 is 23.8 Å². The van der Waals surface area contributed by atoms with Crippen LogP contribution in [0.2, 0.25) is 0 Å². The van der Waals surface area contributed by atoms with E-state index in [9.17, 15) is 19.2 Å². The van der Waals surface area contributed by atoms with Gasteiger partial charge in [0.1, 0.15) is 17.8 Å². The molecule has 1 aliphatic heterocycles. The molecule has 28 heavy (non-hydrogen) atoms. The second-order valence-corrected chi connectivity index (χ2v) is 6.92. The van der Waals surface area contributed by atoms with E-state index in [1.807, 2.05) is 24.3 Å². The molecule has 5 amide bonds. The molecule has 152 valence electrons. The minimum Gasteiger partial charge on any atom is -0.497 e. The Morgan fingerprint density at radius 1 is 1.25 bits per heavy atom. The number of carbonyl (C=O) groups is 4. The van der Waals surface area contributed by atoms with Crippen LogP contribution in [0.25, 0.3) is 0 Å². The van der Waals surface area contributed by atoms with Crippen LogP contribution in [-0.2, 0) is 20.8 Å². The van der Waals surface area contributed by atoms with Crippen LogP contribution >= 0.6 is 0 Å². The Bertz CT molecular complexity index is 764. The number of nitrogens with one attached hydrogen (secondary N) is 2. The van der Waals surface area contributed by atoms with Gasteiger partial charge in [-0.05, 0) is 37.5 Å². The number of nitrogens with zero attached hydrogens (tertiary/aromatic N) is 2. The second-order valence-electron chi connectivity index (χ2n) is 6.92. The SMILES string of the molecule is CNC(=O)CN(C)C(=O)CN1C(=O)N[C@@](C)(CCc2ccc(OC)cc2)C1=O. The molecule has 1 fully saturated rings.